The maximum atomic E-state index is 12.8. The molecule has 0 aromatic heterocycles. The molecule has 1 aromatic carbocycles. The molecule has 0 aliphatic carbocycles. The molecular weight excluding hydrogens is 237 g/mol. The monoisotopic (exact) mass is 257 g/mol. The fourth-order valence-electron chi connectivity index (χ4n) is 1.39. The molecule has 0 bridgehead atoms. The Morgan fingerprint density at radius 2 is 1.82 bits per heavy atom. The molecule has 2 atom stereocenters. The first-order valence-corrected chi connectivity index (χ1v) is 6.93. The van der Waals surface area contributed by atoms with Crippen LogP contribution in [0, 0.1) is 5.82 Å². The van der Waals surface area contributed by atoms with Gasteiger partial charge in [-0.15, -0.1) is 0 Å². The fourth-order valence-corrected chi connectivity index (χ4v) is 2.30. The summed E-state index contributed by atoms with van der Waals surface area (Å²) in [5, 5.41) is 0. The van der Waals surface area contributed by atoms with Crippen LogP contribution in [0.3, 0.4) is 0 Å². The van der Waals surface area contributed by atoms with Crippen LogP contribution in [-0.4, -0.2) is 8.96 Å². The molecule has 4 heteroatoms. The molecule has 0 aliphatic rings. The zero-order valence-corrected chi connectivity index (χ0v) is 11.6. The van der Waals surface area contributed by atoms with Crippen LogP contribution >= 0.6 is 0 Å². The molecule has 96 valence electrons. The molecule has 0 amide bonds. The van der Waals surface area contributed by atoms with E-state index in [0.717, 1.165) is 12.0 Å². The van der Waals surface area contributed by atoms with E-state index < -0.39 is 11.0 Å². The molecule has 1 aromatic rings. The SMILES string of the molecule is CC[C@@H](N[S@](=O)C(C)(C)C)c1ccc(F)cc1. The molecular formula is C13H20FNOS. The zero-order chi connectivity index (χ0) is 13.1. The Labute approximate surface area is 105 Å². The predicted molar refractivity (Wildman–Crippen MR) is 70.5 cm³/mol. The van der Waals surface area contributed by atoms with Crippen LogP contribution in [0.5, 0.6) is 0 Å². The van der Waals surface area contributed by atoms with Gasteiger partial charge in [0.1, 0.15) is 5.82 Å². The quantitative estimate of drug-likeness (QED) is 0.880. The van der Waals surface area contributed by atoms with Crippen molar-refractivity contribution in [1.82, 2.24) is 4.72 Å². The average Bonchev–Trinajstić information content (AvgIpc) is 2.25. The number of hydrogen-bond donors (Lipinski definition) is 1. The van der Waals surface area contributed by atoms with Crippen molar-refractivity contribution in [2.75, 3.05) is 0 Å². The largest absolute Gasteiger partial charge is 0.242 e. The van der Waals surface area contributed by atoms with Crippen molar-refractivity contribution in [3.63, 3.8) is 0 Å². The van der Waals surface area contributed by atoms with Crippen molar-refractivity contribution in [1.29, 1.82) is 0 Å². The first-order valence-electron chi connectivity index (χ1n) is 5.78. The van der Waals surface area contributed by atoms with Gasteiger partial charge >= 0.3 is 0 Å². The molecule has 17 heavy (non-hydrogen) atoms. The van der Waals surface area contributed by atoms with E-state index >= 15 is 0 Å². The summed E-state index contributed by atoms with van der Waals surface area (Å²) in [5.74, 6) is -0.249. The minimum Gasteiger partial charge on any atom is -0.242 e. The smallest absolute Gasteiger partial charge is 0.123 e. The third-order valence-electron chi connectivity index (χ3n) is 2.49. The summed E-state index contributed by atoms with van der Waals surface area (Å²) in [5.41, 5.74) is 0.964. The van der Waals surface area contributed by atoms with Crippen LogP contribution < -0.4 is 4.72 Å². The van der Waals surface area contributed by atoms with E-state index in [2.05, 4.69) is 4.72 Å². The van der Waals surface area contributed by atoms with Crippen LogP contribution in [-0.2, 0) is 11.0 Å². The third-order valence-corrected chi connectivity index (χ3v) is 4.10. The van der Waals surface area contributed by atoms with Gasteiger partial charge in [-0.2, -0.15) is 0 Å². The normalized spacial score (nSPS) is 15.6. The molecule has 0 aliphatic heterocycles. The van der Waals surface area contributed by atoms with Gasteiger partial charge < -0.3 is 0 Å². The molecule has 1 rings (SSSR count). The lowest BCUT2D eigenvalue weighted by molar-refractivity contribution is 0.586. The number of benzene rings is 1. The summed E-state index contributed by atoms with van der Waals surface area (Å²) < 4.78 is 27.6. The highest BCUT2D eigenvalue weighted by molar-refractivity contribution is 7.84. The Kier molecular flexibility index (Phi) is 4.83. The molecule has 0 radical (unpaired) electrons. The molecule has 0 heterocycles. The molecule has 0 saturated heterocycles. The summed E-state index contributed by atoms with van der Waals surface area (Å²) in [4.78, 5) is 0. The molecule has 0 spiro atoms. The first-order chi connectivity index (χ1) is 7.84. The maximum absolute atomic E-state index is 12.8. The highest BCUT2D eigenvalue weighted by Crippen LogP contribution is 2.20. The van der Waals surface area contributed by atoms with Gasteiger partial charge in [-0.1, -0.05) is 19.1 Å². The lowest BCUT2D eigenvalue weighted by Crippen LogP contribution is -2.35. The Hall–Kier alpha value is -0.740. The molecule has 0 fully saturated rings. The number of rotatable bonds is 4. The maximum Gasteiger partial charge on any atom is 0.123 e. The van der Waals surface area contributed by atoms with Crippen LogP contribution in [0.25, 0.3) is 0 Å². The van der Waals surface area contributed by atoms with Gasteiger partial charge in [-0.25, -0.2) is 13.3 Å². The topological polar surface area (TPSA) is 29.1 Å². The molecule has 0 saturated carbocycles. The molecule has 2 nitrogen and oxygen atoms in total. The minimum absolute atomic E-state index is 0.00402. The van der Waals surface area contributed by atoms with Gasteiger partial charge in [0.05, 0.1) is 15.7 Å². The van der Waals surface area contributed by atoms with Crippen molar-refractivity contribution >= 4 is 11.0 Å². The lowest BCUT2D eigenvalue weighted by atomic mass is 10.1. The first kappa shape index (κ1) is 14.3. The van der Waals surface area contributed by atoms with Gasteiger partial charge in [-0.05, 0) is 44.9 Å². The summed E-state index contributed by atoms with van der Waals surface area (Å²) in [6, 6.07) is 6.32. The average molecular weight is 257 g/mol. The summed E-state index contributed by atoms with van der Waals surface area (Å²) in [6.45, 7) is 7.79. The molecule has 1 N–H and O–H groups in total. The number of nitrogens with one attached hydrogen (secondary N) is 1. The van der Waals surface area contributed by atoms with Gasteiger partial charge in [-0.3, -0.25) is 0 Å². The van der Waals surface area contributed by atoms with Crippen LogP contribution in [0.1, 0.15) is 45.7 Å². The van der Waals surface area contributed by atoms with Crippen LogP contribution in [0.2, 0.25) is 0 Å². The highest BCUT2D eigenvalue weighted by Gasteiger charge is 2.22. The molecule has 0 unspecified atom stereocenters. The Morgan fingerprint density at radius 3 is 2.24 bits per heavy atom. The Bertz CT molecular complexity index is 383. The van der Waals surface area contributed by atoms with E-state index in [0.29, 0.717) is 0 Å². The highest BCUT2D eigenvalue weighted by atomic mass is 32.2. The van der Waals surface area contributed by atoms with Crippen molar-refractivity contribution in [2.24, 2.45) is 0 Å². The summed E-state index contributed by atoms with van der Waals surface area (Å²) >= 11 is 0. The zero-order valence-electron chi connectivity index (χ0n) is 10.8. The van der Waals surface area contributed by atoms with Gasteiger partial charge in [0, 0.05) is 6.04 Å². The Balaban J connectivity index is 2.79. The van der Waals surface area contributed by atoms with Crippen molar-refractivity contribution in [3.05, 3.63) is 35.6 Å². The third kappa shape index (κ3) is 4.21. The van der Waals surface area contributed by atoms with Crippen LogP contribution in [0.15, 0.2) is 24.3 Å². The summed E-state index contributed by atoms with van der Waals surface area (Å²) in [7, 11) is -1.12. The van der Waals surface area contributed by atoms with Gasteiger partial charge in [0.2, 0.25) is 0 Å². The van der Waals surface area contributed by atoms with Crippen molar-refractivity contribution < 1.29 is 8.60 Å². The van der Waals surface area contributed by atoms with E-state index in [1.165, 1.54) is 12.1 Å². The minimum atomic E-state index is -1.12. The lowest BCUT2D eigenvalue weighted by Gasteiger charge is -2.23. The summed E-state index contributed by atoms with van der Waals surface area (Å²) in [6.07, 6.45) is 0.813. The Morgan fingerprint density at radius 1 is 1.29 bits per heavy atom. The van der Waals surface area contributed by atoms with E-state index in [1.54, 1.807) is 12.1 Å². The van der Waals surface area contributed by atoms with Gasteiger partial charge in [0.25, 0.3) is 0 Å². The van der Waals surface area contributed by atoms with E-state index in [9.17, 15) is 8.60 Å². The van der Waals surface area contributed by atoms with Crippen molar-refractivity contribution in [3.8, 4) is 0 Å². The second kappa shape index (κ2) is 5.74. The fraction of sp³-hybridized carbons (Fsp3) is 0.538. The standard InChI is InChI=1S/C13H20FNOS/c1-5-12(15-17(16)13(2,3)4)10-6-8-11(14)9-7-10/h6-9,12,15H,5H2,1-4H3/t12-,17-/m1/s1. The van der Waals surface area contributed by atoms with Crippen molar-refractivity contribution in [2.45, 2.75) is 44.9 Å². The van der Waals surface area contributed by atoms with E-state index in [-0.39, 0.29) is 16.6 Å². The van der Waals surface area contributed by atoms with Crippen LogP contribution in [0.4, 0.5) is 4.39 Å². The van der Waals surface area contributed by atoms with E-state index in [1.807, 2.05) is 27.7 Å². The van der Waals surface area contributed by atoms with E-state index in [4.69, 9.17) is 0 Å². The second-order valence-electron chi connectivity index (χ2n) is 5.01. The second-order valence-corrected chi connectivity index (χ2v) is 7.01. The number of hydrogen-bond acceptors (Lipinski definition) is 1. The van der Waals surface area contributed by atoms with Gasteiger partial charge in [0.15, 0.2) is 0 Å². The number of halogens is 1. The predicted octanol–water partition coefficient (Wildman–Crippen LogP) is 3.33.